The number of carbonyl (C=O) groups excluding carboxylic acids is 2. The molecule has 0 aliphatic carbocycles. The highest BCUT2D eigenvalue weighted by Crippen LogP contribution is 2.24. The molecule has 0 spiro atoms. The van der Waals surface area contributed by atoms with E-state index in [9.17, 15) is 9.59 Å². The van der Waals surface area contributed by atoms with Crippen molar-refractivity contribution < 1.29 is 9.59 Å². The van der Waals surface area contributed by atoms with Crippen LogP contribution in [0.4, 0.5) is 5.69 Å². The van der Waals surface area contributed by atoms with E-state index in [1.165, 1.54) is 28.2 Å². The van der Waals surface area contributed by atoms with Crippen LogP contribution in [-0.4, -0.2) is 42.8 Å². The third-order valence-electron chi connectivity index (χ3n) is 5.14. The van der Waals surface area contributed by atoms with Gasteiger partial charge in [-0.3, -0.25) is 9.59 Å². The Morgan fingerprint density at radius 1 is 1.00 bits per heavy atom. The standard InChI is InChI=1S/C21H26N2O2S/c1-16-6-3-7-18(17(16)2)22-11-13-23(14-12-22)21(25)10-4-8-19(24)20-9-5-15-26-20/h3,5-7,9,15H,4,8,10-14H2,1-2H3. The molecular formula is C21H26N2O2S. The molecule has 3 rings (SSSR count). The average Bonchev–Trinajstić information content (AvgIpc) is 3.19. The van der Waals surface area contributed by atoms with Gasteiger partial charge in [0.1, 0.15) is 0 Å². The minimum Gasteiger partial charge on any atom is -0.368 e. The Kier molecular flexibility index (Phi) is 6.09. The number of carbonyl (C=O) groups is 2. The lowest BCUT2D eigenvalue weighted by molar-refractivity contribution is -0.131. The van der Waals surface area contributed by atoms with E-state index in [4.69, 9.17) is 0 Å². The lowest BCUT2D eigenvalue weighted by atomic mass is 10.1. The maximum Gasteiger partial charge on any atom is 0.222 e. The van der Waals surface area contributed by atoms with Gasteiger partial charge in [-0.25, -0.2) is 0 Å². The van der Waals surface area contributed by atoms with Gasteiger partial charge < -0.3 is 9.80 Å². The molecule has 1 aromatic carbocycles. The van der Waals surface area contributed by atoms with Gasteiger partial charge in [0.15, 0.2) is 5.78 Å². The van der Waals surface area contributed by atoms with E-state index in [2.05, 4.69) is 36.9 Å². The highest BCUT2D eigenvalue weighted by atomic mass is 32.1. The van der Waals surface area contributed by atoms with E-state index in [1.54, 1.807) is 0 Å². The van der Waals surface area contributed by atoms with Crippen LogP contribution in [0.3, 0.4) is 0 Å². The van der Waals surface area contributed by atoms with Crippen molar-refractivity contribution in [1.82, 2.24) is 4.90 Å². The second-order valence-electron chi connectivity index (χ2n) is 6.84. The largest absolute Gasteiger partial charge is 0.368 e. The fourth-order valence-electron chi connectivity index (χ4n) is 3.39. The van der Waals surface area contributed by atoms with Gasteiger partial charge in [-0.2, -0.15) is 0 Å². The summed E-state index contributed by atoms with van der Waals surface area (Å²) in [7, 11) is 0. The van der Waals surface area contributed by atoms with Crippen molar-refractivity contribution in [3.8, 4) is 0 Å². The van der Waals surface area contributed by atoms with Gasteiger partial charge in [-0.1, -0.05) is 18.2 Å². The molecule has 1 aromatic heterocycles. The SMILES string of the molecule is Cc1cccc(N2CCN(C(=O)CCCC(=O)c3cccs3)CC2)c1C. The number of aryl methyl sites for hydroxylation is 1. The first-order chi connectivity index (χ1) is 12.6. The van der Waals surface area contributed by atoms with Crippen molar-refractivity contribution in [2.24, 2.45) is 0 Å². The van der Waals surface area contributed by atoms with Gasteiger partial charge in [0.25, 0.3) is 0 Å². The number of thiophene rings is 1. The summed E-state index contributed by atoms with van der Waals surface area (Å²) in [6.07, 6.45) is 1.54. The number of Topliss-reactive ketones (excluding diaryl/α,β-unsaturated/α-hetero) is 1. The Hall–Kier alpha value is -2.14. The average molecular weight is 371 g/mol. The monoisotopic (exact) mass is 370 g/mol. The van der Waals surface area contributed by atoms with Crippen LogP contribution in [0.25, 0.3) is 0 Å². The highest BCUT2D eigenvalue weighted by molar-refractivity contribution is 7.12. The number of hydrogen-bond donors (Lipinski definition) is 0. The molecule has 0 N–H and O–H groups in total. The second-order valence-corrected chi connectivity index (χ2v) is 7.79. The molecule has 1 amide bonds. The Labute approximate surface area is 159 Å². The Balaban J connectivity index is 1.45. The summed E-state index contributed by atoms with van der Waals surface area (Å²) in [5.74, 6) is 0.317. The lowest BCUT2D eigenvalue weighted by Gasteiger charge is -2.37. The predicted octanol–water partition coefficient (Wildman–Crippen LogP) is 4.07. The minimum absolute atomic E-state index is 0.146. The van der Waals surface area contributed by atoms with Crippen molar-refractivity contribution in [3.63, 3.8) is 0 Å². The van der Waals surface area contributed by atoms with Gasteiger partial charge in [0, 0.05) is 44.7 Å². The summed E-state index contributed by atoms with van der Waals surface area (Å²) < 4.78 is 0. The number of piperazine rings is 1. The highest BCUT2D eigenvalue weighted by Gasteiger charge is 2.22. The summed E-state index contributed by atoms with van der Waals surface area (Å²) in [6, 6.07) is 10.1. The fourth-order valence-corrected chi connectivity index (χ4v) is 4.09. The number of nitrogens with zero attached hydrogens (tertiary/aromatic N) is 2. The zero-order valence-corrected chi connectivity index (χ0v) is 16.3. The summed E-state index contributed by atoms with van der Waals surface area (Å²) in [5, 5.41) is 1.91. The summed E-state index contributed by atoms with van der Waals surface area (Å²) in [5.41, 5.74) is 3.90. The molecule has 2 heterocycles. The van der Waals surface area contributed by atoms with Crippen molar-refractivity contribution in [2.45, 2.75) is 33.1 Å². The first-order valence-electron chi connectivity index (χ1n) is 9.22. The normalized spacial score (nSPS) is 14.5. The molecule has 1 fully saturated rings. The number of hydrogen-bond acceptors (Lipinski definition) is 4. The van der Waals surface area contributed by atoms with Crippen LogP contribution in [0, 0.1) is 13.8 Å². The first kappa shape index (κ1) is 18.6. The van der Waals surface area contributed by atoms with Crippen molar-refractivity contribution in [2.75, 3.05) is 31.1 Å². The van der Waals surface area contributed by atoms with Gasteiger partial charge in [-0.05, 0) is 48.9 Å². The van der Waals surface area contributed by atoms with E-state index in [1.807, 2.05) is 22.4 Å². The molecule has 0 unspecified atom stereocenters. The zero-order chi connectivity index (χ0) is 18.5. The maximum atomic E-state index is 12.4. The van der Waals surface area contributed by atoms with E-state index >= 15 is 0 Å². The third-order valence-corrected chi connectivity index (χ3v) is 6.05. The second kappa shape index (κ2) is 8.49. The van der Waals surface area contributed by atoms with Crippen LogP contribution in [-0.2, 0) is 4.79 Å². The summed E-state index contributed by atoms with van der Waals surface area (Å²) >= 11 is 1.47. The maximum absolute atomic E-state index is 12.4. The van der Waals surface area contributed by atoms with Crippen LogP contribution < -0.4 is 4.90 Å². The number of rotatable bonds is 6. The molecule has 138 valence electrons. The molecule has 2 aromatic rings. The molecule has 4 nitrogen and oxygen atoms in total. The number of ketones is 1. The van der Waals surface area contributed by atoms with Crippen LogP contribution in [0.5, 0.6) is 0 Å². The van der Waals surface area contributed by atoms with Crippen molar-refractivity contribution >= 4 is 28.7 Å². The van der Waals surface area contributed by atoms with Crippen LogP contribution in [0.1, 0.15) is 40.1 Å². The van der Waals surface area contributed by atoms with Gasteiger partial charge in [0.05, 0.1) is 4.88 Å². The number of benzene rings is 1. The Morgan fingerprint density at radius 3 is 2.46 bits per heavy atom. The molecular weight excluding hydrogens is 344 g/mol. The molecule has 26 heavy (non-hydrogen) atoms. The first-order valence-corrected chi connectivity index (χ1v) is 10.1. The molecule has 0 bridgehead atoms. The summed E-state index contributed by atoms with van der Waals surface area (Å²) in [6.45, 7) is 7.54. The molecule has 1 aliphatic heterocycles. The number of anilines is 1. The van der Waals surface area contributed by atoms with Gasteiger partial charge >= 0.3 is 0 Å². The summed E-state index contributed by atoms with van der Waals surface area (Å²) in [4.78, 5) is 29.5. The van der Waals surface area contributed by atoms with Gasteiger partial charge in [-0.15, -0.1) is 11.3 Å². The molecule has 0 radical (unpaired) electrons. The van der Waals surface area contributed by atoms with Gasteiger partial charge in [0.2, 0.25) is 5.91 Å². The topological polar surface area (TPSA) is 40.6 Å². The van der Waals surface area contributed by atoms with Crippen molar-refractivity contribution in [1.29, 1.82) is 0 Å². The molecule has 0 atom stereocenters. The van der Waals surface area contributed by atoms with E-state index < -0.39 is 0 Å². The third kappa shape index (κ3) is 4.33. The van der Waals surface area contributed by atoms with E-state index in [-0.39, 0.29) is 11.7 Å². The molecule has 1 saturated heterocycles. The molecule has 1 aliphatic rings. The Bertz CT molecular complexity index is 762. The van der Waals surface area contributed by atoms with Crippen LogP contribution in [0.15, 0.2) is 35.7 Å². The quantitative estimate of drug-likeness (QED) is 0.720. The zero-order valence-electron chi connectivity index (χ0n) is 15.5. The minimum atomic E-state index is 0.146. The lowest BCUT2D eigenvalue weighted by Crippen LogP contribution is -2.49. The van der Waals surface area contributed by atoms with E-state index in [0.717, 1.165) is 31.1 Å². The fraction of sp³-hybridized carbons (Fsp3) is 0.429. The van der Waals surface area contributed by atoms with E-state index in [0.29, 0.717) is 19.3 Å². The van der Waals surface area contributed by atoms with Crippen molar-refractivity contribution in [3.05, 3.63) is 51.7 Å². The predicted molar refractivity (Wildman–Crippen MR) is 107 cm³/mol. The van der Waals surface area contributed by atoms with Crippen LogP contribution in [0.2, 0.25) is 0 Å². The Morgan fingerprint density at radius 2 is 1.77 bits per heavy atom. The van der Waals surface area contributed by atoms with Crippen LogP contribution >= 0.6 is 11.3 Å². The smallest absolute Gasteiger partial charge is 0.222 e. The molecule has 5 heteroatoms. The molecule has 0 saturated carbocycles. The number of amides is 1.